The van der Waals surface area contributed by atoms with E-state index in [0.29, 0.717) is 25.8 Å². The third kappa shape index (κ3) is 4.34. The van der Waals surface area contributed by atoms with Crippen molar-refractivity contribution in [1.29, 1.82) is 0 Å². The summed E-state index contributed by atoms with van der Waals surface area (Å²) in [6.45, 7) is 0.480. The zero-order valence-corrected chi connectivity index (χ0v) is 13.4. The van der Waals surface area contributed by atoms with E-state index in [2.05, 4.69) is 6.08 Å². The summed E-state index contributed by atoms with van der Waals surface area (Å²) in [6.07, 6.45) is 7.16. The number of nitrogens with zero attached hydrogens (tertiary/aromatic N) is 1. The van der Waals surface area contributed by atoms with E-state index < -0.39 is 0 Å². The smallest absolute Gasteiger partial charge is 0.229 e. The van der Waals surface area contributed by atoms with Crippen LogP contribution < -0.4 is 4.74 Å². The van der Waals surface area contributed by atoms with Gasteiger partial charge in [-0.2, -0.15) is 0 Å². The molecule has 1 aliphatic rings. The Morgan fingerprint density at radius 2 is 1.86 bits per heavy atom. The Kier molecular flexibility index (Phi) is 6.01. The van der Waals surface area contributed by atoms with E-state index in [4.69, 9.17) is 16.3 Å². The molecule has 1 aromatic rings. The first-order chi connectivity index (χ1) is 10.6. The molecule has 2 amide bonds. The summed E-state index contributed by atoms with van der Waals surface area (Å²) >= 11 is 6.15. The number of rotatable bonds is 7. The Labute approximate surface area is 135 Å². The number of carbonyl (C=O) groups excluding carboxylic acids is 2. The first-order valence-corrected chi connectivity index (χ1v) is 7.80. The number of hydrogen-bond acceptors (Lipinski definition) is 3. The summed E-state index contributed by atoms with van der Waals surface area (Å²) in [5.74, 6) is 0.692. The number of benzene rings is 1. The van der Waals surface area contributed by atoms with Crippen LogP contribution in [0.25, 0.3) is 0 Å². The van der Waals surface area contributed by atoms with Gasteiger partial charge in [0.2, 0.25) is 11.8 Å². The predicted molar refractivity (Wildman–Crippen MR) is 86.0 cm³/mol. The van der Waals surface area contributed by atoms with Gasteiger partial charge < -0.3 is 4.74 Å². The summed E-state index contributed by atoms with van der Waals surface area (Å²) in [5, 5.41) is 0.738. The maximum absolute atomic E-state index is 11.4. The van der Waals surface area contributed by atoms with Crippen LogP contribution in [0.4, 0.5) is 0 Å². The fourth-order valence-electron chi connectivity index (χ4n) is 2.42. The number of amides is 2. The molecule has 0 unspecified atom stereocenters. The van der Waals surface area contributed by atoms with Crippen LogP contribution >= 0.6 is 11.6 Å². The molecule has 1 saturated heterocycles. The van der Waals surface area contributed by atoms with Gasteiger partial charge in [-0.05, 0) is 43.0 Å². The SMILES string of the molecule is COc1ccc(Cl)c(CC/C=C/CCN2C(=O)CCC2=O)c1. The normalized spacial score (nSPS) is 15.1. The molecule has 0 atom stereocenters. The van der Waals surface area contributed by atoms with E-state index in [-0.39, 0.29) is 11.8 Å². The monoisotopic (exact) mass is 321 g/mol. The third-order valence-corrected chi connectivity index (χ3v) is 4.04. The van der Waals surface area contributed by atoms with Crippen LogP contribution in [-0.4, -0.2) is 30.4 Å². The first kappa shape index (κ1) is 16.6. The predicted octanol–water partition coefficient (Wildman–Crippen LogP) is 3.38. The number of imide groups is 1. The lowest BCUT2D eigenvalue weighted by atomic mass is 10.1. The fraction of sp³-hybridized carbons (Fsp3) is 0.412. The van der Waals surface area contributed by atoms with Crippen molar-refractivity contribution in [2.75, 3.05) is 13.7 Å². The lowest BCUT2D eigenvalue weighted by molar-refractivity contribution is -0.138. The Bertz CT molecular complexity index is 567. The Morgan fingerprint density at radius 3 is 2.55 bits per heavy atom. The van der Waals surface area contributed by atoms with Crippen molar-refractivity contribution < 1.29 is 14.3 Å². The number of likely N-dealkylation sites (tertiary alicyclic amines) is 1. The topological polar surface area (TPSA) is 46.6 Å². The van der Waals surface area contributed by atoms with E-state index in [1.54, 1.807) is 7.11 Å². The Hall–Kier alpha value is -1.81. The number of ether oxygens (including phenoxy) is 1. The molecular weight excluding hydrogens is 302 g/mol. The molecule has 0 aromatic heterocycles. The summed E-state index contributed by atoms with van der Waals surface area (Å²) < 4.78 is 5.19. The average Bonchev–Trinajstić information content (AvgIpc) is 2.83. The zero-order chi connectivity index (χ0) is 15.9. The van der Waals surface area contributed by atoms with Crippen molar-refractivity contribution >= 4 is 23.4 Å². The van der Waals surface area contributed by atoms with Gasteiger partial charge in [-0.1, -0.05) is 23.8 Å². The van der Waals surface area contributed by atoms with Crippen molar-refractivity contribution in [1.82, 2.24) is 4.90 Å². The van der Waals surface area contributed by atoms with Gasteiger partial charge in [0.05, 0.1) is 7.11 Å². The van der Waals surface area contributed by atoms with Gasteiger partial charge in [-0.25, -0.2) is 0 Å². The first-order valence-electron chi connectivity index (χ1n) is 7.42. The van der Waals surface area contributed by atoms with Gasteiger partial charge >= 0.3 is 0 Å². The van der Waals surface area contributed by atoms with Crippen LogP contribution in [0.5, 0.6) is 5.75 Å². The highest BCUT2D eigenvalue weighted by molar-refractivity contribution is 6.31. The summed E-state index contributed by atoms with van der Waals surface area (Å²) in [6, 6.07) is 5.62. The van der Waals surface area contributed by atoms with Crippen molar-refractivity contribution in [2.24, 2.45) is 0 Å². The molecule has 0 N–H and O–H groups in total. The summed E-state index contributed by atoms with van der Waals surface area (Å²) in [5.41, 5.74) is 1.05. The van der Waals surface area contributed by atoms with Crippen LogP contribution in [0, 0.1) is 0 Å². The molecule has 4 nitrogen and oxygen atoms in total. The number of allylic oxidation sites excluding steroid dienone is 1. The lowest BCUT2D eigenvalue weighted by Gasteiger charge is -2.11. The lowest BCUT2D eigenvalue weighted by Crippen LogP contribution is -2.29. The Morgan fingerprint density at radius 1 is 1.18 bits per heavy atom. The number of methoxy groups -OCH3 is 1. The van der Waals surface area contributed by atoms with Gasteiger partial charge in [0.25, 0.3) is 0 Å². The third-order valence-electron chi connectivity index (χ3n) is 3.67. The largest absolute Gasteiger partial charge is 0.497 e. The average molecular weight is 322 g/mol. The molecule has 118 valence electrons. The molecule has 1 fully saturated rings. The number of carbonyl (C=O) groups is 2. The van der Waals surface area contributed by atoms with Crippen LogP contribution in [0.3, 0.4) is 0 Å². The van der Waals surface area contributed by atoms with Crippen LogP contribution in [-0.2, 0) is 16.0 Å². The maximum Gasteiger partial charge on any atom is 0.229 e. The van der Waals surface area contributed by atoms with Crippen molar-refractivity contribution in [2.45, 2.75) is 32.1 Å². The molecule has 0 bridgehead atoms. The van der Waals surface area contributed by atoms with E-state index in [9.17, 15) is 9.59 Å². The second kappa shape index (κ2) is 7.99. The van der Waals surface area contributed by atoms with Crippen LogP contribution in [0.15, 0.2) is 30.4 Å². The highest BCUT2D eigenvalue weighted by atomic mass is 35.5. The van der Waals surface area contributed by atoms with Crippen LogP contribution in [0.1, 0.15) is 31.2 Å². The quantitative estimate of drug-likeness (QED) is 0.571. The van der Waals surface area contributed by atoms with Crippen molar-refractivity contribution in [3.63, 3.8) is 0 Å². The summed E-state index contributed by atoms with van der Waals surface area (Å²) in [7, 11) is 1.63. The van der Waals surface area contributed by atoms with Gasteiger partial charge in [0.1, 0.15) is 5.75 Å². The standard InChI is InChI=1S/C17H20ClNO3/c1-22-14-7-8-15(18)13(12-14)6-4-2-3-5-11-19-16(20)9-10-17(19)21/h2-3,7-8,12H,4-6,9-11H2,1H3/b3-2+. The zero-order valence-electron chi connectivity index (χ0n) is 12.7. The minimum absolute atomic E-state index is 0.0541. The van der Waals surface area contributed by atoms with Crippen molar-refractivity contribution in [3.8, 4) is 5.75 Å². The molecular formula is C17H20ClNO3. The van der Waals surface area contributed by atoms with E-state index in [1.807, 2.05) is 24.3 Å². The molecule has 0 spiro atoms. The minimum atomic E-state index is -0.0541. The molecule has 1 heterocycles. The Balaban J connectivity index is 1.74. The van der Waals surface area contributed by atoms with Crippen LogP contribution in [0.2, 0.25) is 5.02 Å². The molecule has 2 rings (SSSR count). The second-order valence-electron chi connectivity index (χ2n) is 5.20. The molecule has 0 saturated carbocycles. The molecule has 0 aliphatic carbocycles. The number of halogens is 1. The maximum atomic E-state index is 11.4. The number of hydrogen-bond donors (Lipinski definition) is 0. The molecule has 0 radical (unpaired) electrons. The molecule has 5 heteroatoms. The van der Waals surface area contributed by atoms with Gasteiger partial charge in [-0.3, -0.25) is 14.5 Å². The molecule has 1 aliphatic heterocycles. The second-order valence-corrected chi connectivity index (χ2v) is 5.60. The summed E-state index contributed by atoms with van der Waals surface area (Å²) in [4.78, 5) is 24.2. The van der Waals surface area contributed by atoms with E-state index in [0.717, 1.165) is 29.2 Å². The van der Waals surface area contributed by atoms with Crippen molar-refractivity contribution in [3.05, 3.63) is 40.9 Å². The highest BCUT2D eigenvalue weighted by Crippen LogP contribution is 2.23. The van der Waals surface area contributed by atoms with Gasteiger partial charge in [0, 0.05) is 24.4 Å². The van der Waals surface area contributed by atoms with E-state index >= 15 is 0 Å². The minimum Gasteiger partial charge on any atom is -0.497 e. The van der Waals surface area contributed by atoms with Gasteiger partial charge in [-0.15, -0.1) is 0 Å². The molecule has 22 heavy (non-hydrogen) atoms. The van der Waals surface area contributed by atoms with E-state index in [1.165, 1.54) is 4.90 Å². The fourth-order valence-corrected chi connectivity index (χ4v) is 2.63. The number of aryl methyl sites for hydroxylation is 1. The highest BCUT2D eigenvalue weighted by Gasteiger charge is 2.27. The van der Waals surface area contributed by atoms with Gasteiger partial charge in [0.15, 0.2) is 0 Å². The molecule has 1 aromatic carbocycles.